The van der Waals surface area contributed by atoms with E-state index in [0.717, 1.165) is 34.8 Å². The van der Waals surface area contributed by atoms with Gasteiger partial charge in [-0.2, -0.15) is 0 Å². The van der Waals surface area contributed by atoms with Crippen molar-refractivity contribution in [2.45, 2.75) is 6.42 Å². The lowest BCUT2D eigenvalue weighted by molar-refractivity contribution is 0.100. The summed E-state index contributed by atoms with van der Waals surface area (Å²) in [6.07, 6.45) is 0.774. The number of hydrogen-bond donors (Lipinski definition) is 1. The lowest BCUT2D eigenvalue weighted by Gasteiger charge is -2.13. The van der Waals surface area contributed by atoms with Crippen molar-refractivity contribution in [3.63, 3.8) is 0 Å². The molecule has 0 saturated carbocycles. The topological polar surface area (TPSA) is 59.2 Å². The van der Waals surface area contributed by atoms with Crippen molar-refractivity contribution < 1.29 is 4.79 Å². The van der Waals surface area contributed by atoms with Crippen LogP contribution in [0.15, 0.2) is 42.5 Å². The molecule has 0 spiro atoms. The van der Waals surface area contributed by atoms with Crippen molar-refractivity contribution in [2.75, 3.05) is 20.6 Å². The number of carbonyl (C=O) groups is 1. The lowest BCUT2D eigenvalue weighted by atomic mass is 9.98. The van der Waals surface area contributed by atoms with Crippen molar-refractivity contribution in [3.8, 4) is 0 Å². The van der Waals surface area contributed by atoms with Crippen LogP contribution in [-0.2, 0) is 6.42 Å². The molecule has 4 heteroatoms. The molecular weight excluding hydrogens is 274 g/mol. The van der Waals surface area contributed by atoms with Crippen molar-refractivity contribution in [2.24, 2.45) is 5.73 Å². The van der Waals surface area contributed by atoms with E-state index in [4.69, 9.17) is 5.73 Å². The number of amides is 1. The highest BCUT2D eigenvalue weighted by atomic mass is 16.1. The van der Waals surface area contributed by atoms with E-state index in [9.17, 15) is 4.79 Å². The minimum Gasteiger partial charge on any atom is -0.366 e. The molecule has 2 aromatic carbocycles. The van der Waals surface area contributed by atoms with E-state index in [2.05, 4.69) is 16.0 Å². The first-order valence-electron chi connectivity index (χ1n) is 7.32. The minimum absolute atomic E-state index is 0.415. The van der Waals surface area contributed by atoms with Gasteiger partial charge in [-0.25, -0.2) is 4.98 Å². The highest BCUT2D eigenvalue weighted by molar-refractivity contribution is 6.08. The fourth-order valence-electron chi connectivity index (χ4n) is 2.71. The van der Waals surface area contributed by atoms with E-state index < -0.39 is 5.91 Å². The summed E-state index contributed by atoms with van der Waals surface area (Å²) < 4.78 is 0. The third-order valence-electron chi connectivity index (χ3n) is 3.85. The van der Waals surface area contributed by atoms with Gasteiger partial charge in [-0.15, -0.1) is 0 Å². The second-order valence-corrected chi connectivity index (χ2v) is 5.77. The number of likely N-dealkylation sites (N-methyl/N-ethyl adjacent to an activating group) is 1. The smallest absolute Gasteiger partial charge is 0.251 e. The molecule has 1 aromatic heterocycles. The van der Waals surface area contributed by atoms with Crippen molar-refractivity contribution >= 4 is 27.7 Å². The fraction of sp³-hybridized carbons (Fsp3) is 0.222. The number of aromatic nitrogens is 1. The Balaban J connectivity index is 2.23. The largest absolute Gasteiger partial charge is 0.366 e. The molecule has 0 unspecified atom stereocenters. The first-order valence-corrected chi connectivity index (χ1v) is 7.32. The number of carbonyl (C=O) groups excluding carboxylic acids is 1. The standard InChI is InChI=1S/C18H19N3O/c1-21(2)10-9-12-7-8-14-11-13-5-3-4-6-15(13)20-17(14)16(12)18(19)22/h3-8,11H,9-10H2,1-2H3,(H2,19,22). The van der Waals surface area contributed by atoms with Gasteiger partial charge in [-0.1, -0.05) is 30.3 Å². The zero-order valence-electron chi connectivity index (χ0n) is 12.8. The van der Waals surface area contributed by atoms with Gasteiger partial charge in [0.25, 0.3) is 5.91 Å². The lowest BCUT2D eigenvalue weighted by Crippen LogP contribution is -2.19. The van der Waals surface area contributed by atoms with Crippen LogP contribution in [0.25, 0.3) is 21.8 Å². The Labute approximate surface area is 129 Å². The SMILES string of the molecule is CN(C)CCc1ccc2cc3ccccc3nc2c1C(N)=O. The molecule has 112 valence electrons. The third kappa shape index (κ3) is 2.65. The number of primary amides is 1. The molecule has 0 fully saturated rings. The number of benzene rings is 2. The summed E-state index contributed by atoms with van der Waals surface area (Å²) in [5.74, 6) is -0.415. The van der Waals surface area contributed by atoms with Gasteiger partial charge in [0.2, 0.25) is 0 Å². The number of nitrogens with zero attached hydrogens (tertiary/aromatic N) is 2. The summed E-state index contributed by atoms with van der Waals surface area (Å²) in [7, 11) is 4.02. The second kappa shape index (κ2) is 5.73. The van der Waals surface area contributed by atoms with Crippen molar-refractivity contribution in [1.29, 1.82) is 0 Å². The van der Waals surface area contributed by atoms with Crippen LogP contribution in [0.1, 0.15) is 15.9 Å². The third-order valence-corrected chi connectivity index (χ3v) is 3.85. The number of hydrogen-bond acceptors (Lipinski definition) is 3. The zero-order valence-corrected chi connectivity index (χ0v) is 12.8. The van der Waals surface area contributed by atoms with Gasteiger partial charge >= 0.3 is 0 Å². The molecule has 0 aliphatic carbocycles. The molecule has 22 heavy (non-hydrogen) atoms. The molecule has 0 radical (unpaired) electrons. The first kappa shape index (κ1) is 14.5. The summed E-state index contributed by atoms with van der Waals surface area (Å²) >= 11 is 0. The molecule has 2 N–H and O–H groups in total. The Morgan fingerprint density at radius 2 is 1.91 bits per heavy atom. The van der Waals surface area contributed by atoms with Gasteiger partial charge in [0.05, 0.1) is 16.6 Å². The normalized spacial score (nSPS) is 11.4. The molecule has 0 aliphatic heterocycles. The van der Waals surface area contributed by atoms with Crippen molar-refractivity contribution in [1.82, 2.24) is 9.88 Å². The second-order valence-electron chi connectivity index (χ2n) is 5.77. The van der Waals surface area contributed by atoms with Gasteiger partial charge in [-0.05, 0) is 38.2 Å². The average Bonchev–Trinajstić information content (AvgIpc) is 2.49. The zero-order chi connectivity index (χ0) is 15.7. The Bertz CT molecular complexity index is 855. The summed E-state index contributed by atoms with van der Waals surface area (Å²) in [5, 5.41) is 2.01. The van der Waals surface area contributed by atoms with Crippen LogP contribution >= 0.6 is 0 Å². The van der Waals surface area contributed by atoms with E-state index in [1.54, 1.807) is 0 Å². The van der Waals surface area contributed by atoms with Crippen LogP contribution in [0, 0.1) is 0 Å². The maximum Gasteiger partial charge on any atom is 0.251 e. The van der Waals surface area contributed by atoms with E-state index >= 15 is 0 Å². The van der Waals surface area contributed by atoms with Crippen LogP contribution in [0.3, 0.4) is 0 Å². The maximum absolute atomic E-state index is 12.0. The molecular formula is C18H19N3O. The summed E-state index contributed by atoms with van der Waals surface area (Å²) in [5.41, 5.74) is 8.71. The molecule has 1 amide bonds. The average molecular weight is 293 g/mol. The molecule has 3 aromatic rings. The Morgan fingerprint density at radius 1 is 1.14 bits per heavy atom. The number of nitrogens with two attached hydrogens (primary N) is 1. The summed E-state index contributed by atoms with van der Waals surface area (Å²) in [4.78, 5) is 18.7. The number of pyridine rings is 1. The number of rotatable bonds is 4. The Kier molecular flexibility index (Phi) is 3.77. The monoisotopic (exact) mass is 293 g/mol. The highest BCUT2D eigenvalue weighted by Gasteiger charge is 2.15. The van der Waals surface area contributed by atoms with Gasteiger partial charge < -0.3 is 10.6 Å². The van der Waals surface area contributed by atoms with Gasteiger partial charge in [0.1, 0.15) is 0 Å². The Hall–Kier alpha value is -2.46. The first-order chi connectivity index (χ1) is 10.6. The molecule has 4 nitrogen and oxygen atoms in total. The summed E-state index contributed by atoms with van der Waals surface area (Å²) in [6.45, 7) is 0.860. The predicted molar refractivity (Wildman–Crippen MR) is 90.0 cm³/mol. The van der Waals surface area contributed by atoms with Crippen LogP contribution in [0.2, 0.25) is 0 Å². The molecule has 1 heterocycles. The van der Waals surface area contributed by atoms with Crippen molar-refractivity contribution in [3.05, 3.63) is 53.6 Å². The van der Waals surface area contributed by atoms with Gasteiger partial charge in [0, 0.05) is 17.3 Å². The van der Waals surface area contributed by atoms with Crippen LogP contribution < -0.4 is 5.73 Å². The number of fused-ring (bicyclic) bond motifs is 2. The van der Waals surface area contributed by atoms with E-state index in [1.807, 2.05) is 50.5 Å². The van der Waals surface area contributed by atoms with Gasteiger partial charge in [0.15, 0.2) is 0 Å². The molecule has 0 saturated heterocycles. The fourth-order valence-corrected chi connectivity index (χ4v) is 2.71. The van der Waals surface area contributed by atoms with E-state index in [-0.39, 0.29) is 0 Å². The van der Waals surface area contributed by atoms with E-state index in [1.165, 1.54) is 0 Å². The van der Waals surface area contributed by atoms with Crippen LogP contribution in [-0.4, -0.2) is 36.4 Å². The molecule has 3 rings (SSSR count). The minimum atomic E-state index is -0.415. The number of para-hydroxylation sites is 1. The molecule has 0 atom stereocenters. The highest BCUT2D eigenvalue weighted by Crippen LogP contribution is 2.25. The molecule has 0 bridgehead atoms. The predicted octanol–water partition coefficient (Wildman–Crippen LogP) is 2.59. The van der Waals surface area contributed by atoms with E-state index in [0.29, 0.717) is 11.1 Å². The molecule has 0 aliphatic rings. The summed E-state index contributed by atoms with van der Waals surface area (Å²) in [6, 6.07) is 14.0. The Morgan fingerprint density at radius 3 is 2.64 bits per heavy atom. The van der Waals surface area contributed by atoms with Gasteiger partial charge in [-0.3, -0.25) is 4.79 Å². The maximum atomic E-state index is 12.0. The quantitative estimate of drug-likeness (QED) is 0.752. The van der Waals surface area contributed by atoms with Crippen LogP contribution in [0.4, 0.5) is 0 Å². The van der Waals surface area contributed by atoms with Crippen LogP contribution in [0.5, 0.6) is 0 Å².